The molecule has 1 heterocycles. The van der Waals surface area contributed by atoms with Crippen molar-refractivity contribution in [2.45, 2.75) is 19.9 Å². The van der Waals surface area contributed by atoms with Gasteiger partial charge in [-0.2, -0.15) is 0 Å². The van der Waals surface area contributed by atoms with E-state index < -0.39 is 5.97 Å². The number of hydrogen-bond donors (Lipinski definition) is 3. The van der Waals surface area contributed by atoms with Crippen molar-refractivity contribution in [3.63, 3.8) is 0 Å². The lowest BCUT2D eigenvalue weighted by Gasteiger charge is -2.05. The Morgan fingerprint density at radius 2 is 2.21 bits per heavy atom. The van der Waals surface area contributed by atoms with Crippen molar-refractivity contribution in [2.24, 2.45) is 0 Å². The van der Waals surface area contributed by atoms with Crippen LogP contribution < -0.4 is 5.32 Å². The minimum Gasteiger partial charge on any atom is -0.475 e. The molecular formula is C8H11N3O3. The quantitative estimate of drug-likeness (QED) is 0.647. The SMILES string of the molecule is CC(C)NC(=O)c1cnc(C(=O)O)[nH]1. The van der Waals surface area contributed by atoms with E-state index in [1.54, 1.807) is 0 Å². The van der Waals surface area contributed by atoms with Gasteiger partial charge in [0.05, 0.1) is 6.20 Å². The molecule has 1 aromatic heterocycles. The van der Waals surface area contributed by atoms with Crippen LogP contribution in [0.3, 0.4) is 0 Å². The molecule has 6 nitrogen and oxygen atoms in total. The molecule has 0 saturated heterocycles. The van der Waals surface area contributed by atoms with Crippen LogP contribution in [-0.4, -0.2) is 33.0 Å². The van der Waals surface area contributed by atoms with Crippen LogP contribution >= 0.6 is 0 Å². The predicted octanol–water partition coefficient (Wildman–Crippen LogP) is 0.246. The van der Waals surface area contributed by atoms with E-state index in [-0.39, 0.29) is 23.5 Å². The standard InChI is InChI=1S/C8H11N3O3/c1-4(2)10-7(12)5-3-9-6(11-5)8(13)14/h3-4H,1-2H3,(H,9,11)(H,10,12)(H,13,14). The summed E-state index contributed by atoms with van der Waals surface area (Å²) in [6.07, 6.45) is 1.20. The Morgan fingerprint density at radius 3 is 2.64 bits per heavy atom. The van der Waals surface area contributed by atoms with E-state index in [2.05, 4.69) is 15.3 Å². The average molecular weight is 197 g/mol. The van der Waals surface area contributed by atoms with Crippen LogP contribution in [0.1, 0.15) is 35.0 Å². The molecule has 0 unspecified atom stereocenters. The fourth-order valence-corrected chi connectivity index (χ4v) is 0.885. The monoisotopic (exact) mass is 197 g/mol. The van der Waals surface area contributed by atoms with E-state index in [9.17, 15) is 9.59 Å². The summed E-state index contributed by atoms with van der Waals surface area (Å²) in [6, 6.07) is -0.000854. The summed E-state index contributed by atoms with van der Waals surface area (Å²) in [7, 11) is 0. The third-order valence-corrected chi connectivity index (χ3v) is 1.44. The van der Waals surface area contributed by atoms with Crippen LogP contribution in [0.15, 0.2) is 6.20 Å². The van der Waals surface area contributed by atoms with Gasteiger partial charge in [-0.1, -0.05) is 0 Å². The van der Waals surface area contributed by atoms with E-state index in [1.807, 2.05) is 13.8 Å². The molecule has 0 fully saturated rings. The molecule has 0 aliphatic carbocycles. The zero-order valence-corrected chi connectivity index (χ0v) is 7.87. The van der Waals surface area contributed by atoms with Gasteiger partial charge in [-0.15, -0.1) is 0 Å². The van der Waals surface area contributed by atoms with Gasteiger partial charge < -0.3 is 15.4 Å². The number of rotatable bonds is 3. The van der Waals surface area contributed by atoms with Crippen LogP contribution in [0, 0.1) is 0 Å². The molecule has 3 N–H and O–H groups in total. The lowest BCUT2D eigenvalue weighted by molar-refractivity contribution is 0.0684. The summed E-state index contributed by atoms with van der Waals surface area (Å²) in [5.74, 6) is -1.78. The summed E-state index contributed by atoms with van der Waals surface area (Å²) in [4.78, 5) is 27.7. The Kier molecular flexibility index (Phi) is 2.85. The van der Waals surface area contributed by atoms with Gasteiger partial charge in [-0.3, -0.25) is 4.79 Å². The van der Waals surface area contributed by atoms with Gasteiger partial charge in [-0.25, -0.2) is 9.78 Å². The van der Waals surface area contributed by atoms with Crippen molar-refractivity contribution in [3.8, 4) is 0 Å². The molecule has 1 aromatic rings. The number of imidazole rings is 1. The second kappa shape index (κ2) is 3.91. The highest BCUT2D eigenvalue weighted by atomic mass is 16.4. The molecule has 76 valence electrons. The number of aromatic carboxylic acids is 1. The predicted molar refractivity (Wildman–Crippen MR) is 48.1 cm³/mol. The highest BCUT2D eigenvalue weighted by Crippen LogP contribution is 1.97. The minimum atomic E-state index is -1.19. The number of carbonyl (C=O) groups is 2. The number of aromatic nitrogens is 2. The number of carboxylic acids is 1. The summed E-state index contributed by atoms with van der Waals surface area (Å²) in [6.45, 7) is 3.62. The minimum absolute atomic E-state index is 0.000854. The first kappa shape index (κ1) is 10.2. The Bertz CT molecular complexity index is 356. The van der Waals surface area contributed by atoms with E-state index in [0.29, 0.717) is 0 Å². The van der Waals surface area contributed by atoms with E-state index in [0.717, 1.165) is 0 Å². The number of amides is 1. The van der Waals surface area contributed by atoms with Gasteiger partial charge in [0.2, 0.25) is 5.82 Å². The molecular weight excluding hydrogens is 186 g/mol. The number of nitrogens with zero attached hydrogens (tertiary/aromatic N) is 1. The Hall–Kier alpha value is -1.85. The largest absolute Gasteiger partial charge is 0.475 e. The Morgan fingerprint density at radius 1 is 1.57 bits per heavy atom. The summed E-state index contributed by atoms with van der Waals surface area (Å²) in [5, 5.41) is 11.1. The van der Waals surface area contributed by atoms with Gasteiger partial charge in [0.1, 0.15) is 5.69 Å². The van der Waals surface area contributed by atoms with Crippen molar-refractivity contribution in [1.82, 2.24) is 15.3 Å². The van der Waals surface area contributed by atoms with Gasteiger partial charge in [0.15, 0.2) is 0 Å². The summed E-state index contributed by atoms with van der Waals surface area (Å²) in [5.41, 5.74) is 0.149. The molecule has 0 saturated carbocycles. The van der Waals surface area contributed by atoms with Gasteiger partial charge in [0, 0.05) is 6.04 Å². The van der Waals surface area contributed by atoms with E-state index in [4.69, 9.17) is 5.11 Å². The lowest BCUT2D eigenvalue weighted by Crippen LogP contribution is -2.30. The number of H-pyrrole nitrogens is 1. The first-order valence-corrected chi connectivity index (χ1v) is 4.10. The second-order valence-corrected chi connectivity index (χ2v) is 3.08. The van der Waals surface area contributed by atoms with Gasteiger partial charge in [0.25, 0.3) is 5.91 Å². The molecule has 1 rings (SSSR count). The Labute approximate surface area is 80.4 Å². The van der Waals surface area contributed by atoms with Crippen LogP contribution in [0.2, 0.25) is 0 Å². The molecule has 0 aliphatic heterocycles. The molecule has 0 atom stereocenters. The van der Waals surface area contributed by atoms with Crippen molar-refractivity contribution in [1.29, 1.82) is 0 Å². The molecule has 0 aromatic carbocycles. The molecule has 0 radical (unpaired) electrons. The van der Waals surface area contributed by atoms with Crippen molar-refractivity contribution < 1.29 is 14.7 Å². The molecule has 14 heavy (non-hydrogen) atoms. The molecule has 0 bridgehead atoms. The molecule has 1 amide bonds. The average Bonchev–Trinajstić information content (AvgIpc) is 2.50. The molecule has 0 spiro atoms. The third-order valence-electron chi connectivity index (χ3n) is 1.44. The first-order chi connectivity index (χ1) is 6.50. The highest BCUT2D eigenvalue weighted by molar-refractivity contribution is 5.94. The van der Waals surface area contributed by atoms with Crippen LogP contribution in [0.25, 0.3) is 0 Å². The van der Waals surface area contributed by atoms with E-state index >= 15 is 0 Å². The van der Waals surface area contributed by atoms with Crippen molar-refractivity contribution in [3.05, 3.63) is 17.7 Å². The Balaban J connectivity index is 2.76. The zero-order chi connectivity index (χ0) is 10.7. The maximum Gasteiger partial charge on any atom is 0.371 e. The van der Waals surface area contributed by atoms with Crippen LogP contribution in [0.5, 0.6) is 0 Å². The normalized spacial score (nSPS) is 10.2. The smallest absolute Gasteiger partial charge is 0.371 e. The van der Waals surface area contributed by atoms with Gasteiger partial charge >= 0.3 is 5.97 Å². The van der Waals surface area contributed by atoms with E-state index in [1.165, 1.54) is 6.20 Å². The highest BCUT2D eigenvalue weighted by Gasteiger charge is 2.13. The van der Waals surface area contributed by atoms with Crippen LogP contribution in [-0.2, 0) is 0 Å². The number of carboxylic acid groups (broad SMARTS) is 1. The zero-order valence-electron chi connectivity index (χ0n) is 7.87. The number of carbonyl (C=O) groups excluding carboxylic acids is 1. The molecule has 0 aliphatic rings. The van der Waals surface area contributed by atoms with Crippen molar-refractivity contribution in [2.75, 3.05) is 0 Å². The fourth-order valence-electron chi connectivity index (χ4n) is 0.885. The maximum atomic E-state index is 11.3. The lowest BCUT2D eigenvalue weighted by atomic mass is 10.3. The first-order valence-electron chi connectivity index (χ1n) is 4.10. The number of hydrogen-bond acceptors (Lipinski definition) is 3. The second-order valence-electron chi connectivity index (χ2n) is 3.08. The van der Waals surface area contributed by atoms with Gasteiger partial charge in [-0.05, 0) is 13.8 Å². The topological polar surface area (TPSA) is 95.1 Å². The maximum absolute atomic E-state index is 11.3. The fraction of sp³-hybridized carbons (Fsp3) is 0.375. The summed E-state index contributed by atoms with van der Waals surface area (Å²) < 4.78 is 0. The number of nitrogens with one attached hydrogen (secondary N) is 2. The summed E-state index contributed by atoms with van der Waals surface area (Å²) >= 11 is 0. The van der Waals surface area contributed by atoms with Crippen molar-refractivity contribution >= 4 is 11.9 Å². The van der Waals surface area contributed by atoms with Crippen LogP contribution in [0.4, 0.5) is 0 Å². The molecule has 6 heteroatoms. The number of aromatic amines is 1. The third kappa shape index (κ3) is 2.32.